The predicted octanol–water partition coefficient (Wildman–Crippen LogP) is 4.50. The number of ketones is 1. The number of H-pyrrole nitrogens is 1. The van der Waals surface area contributed by atoms with Crippen molar-refractivity contribution in [2.75, 3.05) is 5.32 Å². The van der Waals surface area contributed by atoms with Gasteiger partial charge in [-0.15, -0.1) is 0 Å². The Morgan fingerprint density at radius 2 is 1.84 bits per heavy atom. The maximum Gasteiger partial charge on any atom is 0.257 e. The van der Waals surface area contributed by atoms with Crippen LogP contribution in [0.2, 0.25) is 0 Å². The molecule has 0 spiro atoms. The minimum Gasteiger partial charge on any atom is -0.343 e. The van der Waals surface area contributed by atoms with Crippen molar-refractivity contribution < 1.29 is 4.79 Å². The smallest absolute Gasteiger partial charge is 0.257 e. The summed E-state index contributed by atoms with van der Waals surface area (Å²) in [4.78, 5) is 33.8. The summed E-state index contributed by atoms with van der Waals surface area (Å²) in [7, 11) is 0. The molecular weight excluding hydrogens is 420 g/mol. The lowest BCUT2D eigenvalue weighted by atomic mass is 9.76. The van der Waals surface area contributed by atoms with E-state index in [4.69, 9.17) is 10.2 Å². The molecule has 1 aliphatic heterocycles. The Bertz CT molecular complexity index is 1320. The van der Waals surface area contributed by atoms with Gasteiger partial charge < -0.3 is 10.3 Å². The van der Waals surface area contributed by atoms with Gasteiger partial charge in [0.1, 0.15) is 5.82 Å². The number of Topliss-reactive ketones (excluding diaryl/α,β-unsaturated/α-hetero) is 1. The van der Waals surface area contributed by atoms with Gasteiger partial charge >= 0.3 is 0 Å². The van der Waals surface area contributed by atoms with Gasteiger partial charge in [0, 0.05) is 29.4 Å². The summed E-state index contributed by atoms with van der Waals surface area (Å²) in [6.45, 7) is 0. The van der Waals surface area contributed by atoms with Gasteiger partial charge in [0.05, 0.1) is 17.2 Å². The molecule has 3 aromatic rings. The molecule has 7 heteroatoms. The number of thioether (sulfide) groups is 1. The molecule has 158 valence electrons. The molecule has 0 radical (unpaired) electrons. The number of hydrogen-bond acceptors (Lipinski definition) is 6. The van der Waals surface area contributed by atoms with Crippen LogP contribution in [0.5, 0.6) is 0 Å². The summed E-state index contributed by atoms with van der Waals surface area (Å²) in [6, 6.07) is 19.2. The molecule has 0 unspecified atom stereocenters. The molecule has 0 amide bonds. The van der Waals surface area contributed by atoms with Crippen molar-refractivity contribution in [3.8, 4) is 6.07 Å². The quantitative estimate of drug-likeness (QED) is 0.458. The molecule has 5 rings (SSSR count). The van der Waals surface area contributed by atoms with Gasteiger partial charge in [0.15, 0.2) is 10.9 Å². The maximum atomic E-state index is 13.2. The maximum absolute atomic E-state index is 13.2. The third-order valence-electron chi connectivity index (χ3n) is 5.83. The van der Waals surface area contributed by atoms with E-state index in [0.29, 0.717) is 39.8 Å². The summed E-state index contributed by atoms with van der Waals surface area (Å²) < 4.78 is 0. The number of rotatable bonds is 4. The summed E-state index contributed by atoms with van der Waals surface area (Å²) in [6.07, 6.45) is 1.99. The van der Waals surface area contributed by atoms with E-state index >= 15 is 0 Å². The van der Waals surface area contributed by atoms with E-state index in [9.17, 15) is 9.59 Å². The Morgan fingerprint density at radius 3 is 2.59 bits per heavy atom. The van der Waals surface area contributed by atoms with Crippen LogP contribution in [-0.4, -0.2) is 15.8 Å². The topological polar surface area (TPSA) is 98.6 Å². The molecular formula is C25H20N4O2S. The van der Waals surface area contributed by atoms with E-state index in [1.165, 1.54) is 11.8 Å². The molecule has 2 heterocycles. The van der Waals surface area contributed by atoms with Crippen molar-refractivity contribution in [2.24, 2.45) is 0 Å². The van der Waals surface area contributed by atoms with Gasteiger partial charge in [-0.05, 0) is 36.1 Å². The van der Waals surface area contributed by atoms with Crippen LogP contribution in [0.25, 0.3) is 0 Å². The SMILES string of the molecule is N#Cc1ccc([C@@H]2C3=C(CCCC3=O)Nc3nc(SCc4ccccc4)[nH]c(=O)c32)cc1. The van der Waals surface area contributed by atoms with E-state index in [1.807, 2.05) is 42.5 Å². The van der Waals surface area contributed by atoms with E-state index in [1.54, 1.807) is 12.1 Å². The number of hydrogen-bond donors (Lipinski definition) is 2. The van der Waals surface area contributed by atoms with Crippen LogP contribution in [0.1, 0.15) is 47.4 Å². The van der Waals surface area contributed by atoms with E-state index in [2.05, 4.69) is 16.4 Å². The molecule has 1 aromatic heterocycles. The van der Waals surface area contributed by atoms with Gasteiger partial charge in [-0.25, -0.2) is 4.98 Å². The molecule has 2 aliphatic rings. The molecule has 2 aromatic carbocycles. The Kier molecular flexibility index (Phi) is 5.38. The summed E-state index contributed by atoms with van der Waals surface area (Å²) in [5, 5.41) is 13.0. The van der Waals surface area contributed by atoms with E-state index in [0.717, 1.165) is 29.7 Å². The number of carbonyl (C=O) groups excluding carboxylic acids is 1. The standard InChI is InChI=1S/C25H20N4O2S/c26-13-15-9-11-17(12-10-15)20-21-18(7-4-8-19(21)30)27-23-22(20)24(31)29-25(28-23)32-14-16-5-2-1-3-6-16/h1-3,5-6,9-12,20H,4,7-8,14H2,(H2,27,28,29,31)/t20-/m1/s1. The zero-order valence-corrected chi connectivity index (χ0v) is 18.0. The number of aromatic nitrogens is 2. The molecule has 1 atom stereocenters. The number of aromatic amines is 1. The summed E-state index contributed by atoms with van der Waals surface area (Å²) in [5.74, 6) is 0.757. The predicted molar refractivity (Wildman–Crippen MR) is 123 cm³/mol. The molecule has 6 nitrogen and oxygen atoms in total. The average molecular weight is 441 g/mol. The second kappa shape index (κ2) is 8.48. The highest BCUT2D eigenvalue weighted by Gasteiger charge is 2.37. The fourth-order valence-corrected chi connectivity index (χ4v) is 5.13. The number of benzene rings is 2. The van der Waals surface area contributed by atoms with Crippen LogP contribution >= 0.6 is 11.8 Å². The Hall–Kier alpha value is -3.63. The highest BCUT2D eigenvalue weighted by molar-refractivity contribution is 7.98. The minimum atomic E-state index is -0.494. The zero-order valence-electron chi connectivity index (χ0n) is 17.2. The van der Waals surface area contributed by atoms with Crippen LogP contribution in [0, 0.1) is 11.3 Å². The van der Waals surface area contributed by atoms with Crippen molar-refractivity contribution in [1.29, 1.82) is 5.26 Å². The first kappa shape index (κ1) is 20.3. The average Bonchev–Trinajstić information content (AvgIpc) is 2.82. The molecule has 1 aliphatic carbocycles. The highest BCUT2D eigenvalue weighted by Crippen LogP contribution is 2.43. The summed E-state index contributed by atoms with van der Waals surface area (Å²) >= 11 is 1.47. The monoisotopic (exact) mass is 440 g/mol. The largest absolute Gasteiger partial charge is 0.343 e. The summed E-state index contributed by atoms with van der Waals surface area (Å²) in [5.41, 5.74) is 4.18. The van der Waals surface area contributed by atoms with Crippen molar-refractivity contribution in [1.82, 2.24) is 9.97 Å². The minimum absolute atomic E-state index is 0.0562. The van der Waals surface area contributed by atoms with Crippen molar-refractivity contribution >= 4 is 23.4 Å². The lowest BCUT2D eigenvalue weighted by Gasteiger charge is -2.32. The molecule has 2 N–H and O–H groups in total. The number of fused-ring (bicyclic) bond motifs is 1. The molecule has 0 saturated heterocycles. The van der Waals surface area contributed by atoms with E-state index < -0.39 is 5.92 Å². The van der Waals surface area contributed by atoms with Crippen molar-refractivity contribution in [3.63, 3.8) is 0 Å². The van der Waals surface area contributed by atoms with Crippen LogP contribution in [0.4, 0.5) is 5.82 Å². The second-order valence-electron chi connectivity index (χ2n) is 7.87. The molecule has 32 heavy (non-hydrogen) atoms. The van der Waals surface area contributed by atoms with Crippen molar-refractivity contribution in [3.05, 3.63) is 98.5 Å². The number of nitrogens with zero attached hydrogens (tertiary/aromatic N) is 2. The van der Waals surface area contributed by atoms with Gasteiger partial charge in [-0.3, -0.25) is 9.59 Å². The van der Waals surface area contributed by atoms with Crippen LogP contribution < -0.4 is 10.9 Å². The lowest BCUT2D eigenvalue weighted by molar-refractivity contribution is -0.116. The normalized spacial score (nSPS) is 17.2. The number of nitriles is 1. The number of nitrogens with one attached hydrogen (secondary N) is 2. The number of carbonyl (C=O) groups is 1. The highest BCUT2D eigenvalue weighted by atomic mass is 32.2. The molecule has 0 fully saturated rings. The van der Waals surface area contributed by atoms with Crippen LogP contribution in [-0.2, 0) is 10.5 Å². The van der Waals surface area contributed by atoms with Gasteiger partial charge in [-0.1, -0.05) is 54.2 Å². The van der Waals surface area contributed by atoms with Crippen LogP contribution in [0.15, 0.2) is 75.8 Å². The number of allylic oxidation sites excluding steroid dienone is 2. The Morgan fingerprint density at radius 1 is 1.06 bits per heavy atom. The first-order chi connectivity index (χ1) is 15.6. The van der Waals surface area contributed by atoms with Gasteiger partial charge in [0.2, 0.25) is 0 Å². The molecule has 0 bridgehead atoms. The Labute approximate surface area is 189 Å². The van der Waals surface area contributed by atoms with Gasteiger partial charge in [0.25, 0.3) is 5.56 Å². The lowest BCUT2D eigenvalue weighted by Crippen LogP contribution is -2.32. The van der Waals surface area contributed by atoms with E-state index in [-0.39, 0.29) is 11.3 Å². The zero-order chi connectivity index (χ0) is 22.1. The first-order valence-electron chi connectivity index (χ1n) is 10.5. The Balaban J connectivity index is 1.57. The molecule has 0 saturated carbocycles. The number of anilines is 1. The first-order valence-corrected chi connectivity index (χ1v) is 11.5. The van der Waals surface area contributed by atoms with Crippen LogP contribution in [0.3, 0.4) is 0 Å². The van der Waals surface area contributed by atoms with Crippen molar-refractivity contribution in [2.45, 2.75) is 36.1 Å². The fourth-order valence-electron chi connectivity index (χ4n) is 4.32. The third kappa shape index (κ3) is 3.74. The third-order valence-corrected chi connectivity index (χ3v) is 6.77. The fraction of sp³-hybridized carbons (Fsp3) is 0.200. The van der Waals surface area contributed by atoms with Gasteiger partial charge in [-0.2, -0.15) is 5.26 Å². The second-order valence-corrected chi connectivity index (χ2v) is 8.83.